The maximum Gasteiger partial charge on any atom is 0.329 e. The van der Waals surface area contributed by atoms with Gasteiger partial charge < -0.3 is 20.7 Å². The Morgan fingerprint density at radius 1 is 0.969 bits per heavy atom. The fourth-order valence-electron chi connectivity index (χ4n) is 2.81. The van der Waals surface area contributed by atoms with E-state index in [0.717, 1.165) is 11.1 Å². The molecule has 2 atom stereocenters. The molecule has 170 valence electrons. The van der Waals surface area contributed by atoms with Crippen molar-refractivity contribution in [2.75, 3.05) is 11.9 Å². The zero-order valence-electron chi connectivity index (χ0n) is 18.3. The van der Waals surface area contributed by atoms with E-state index in [1.54, 1.807) is 18.2 Å². The molecule has 2 aromatic carbocycles. The lowest BCUT2D eigenvalue weighted by Crippen LogP contribution is -2.44. The summed E-state index contributed by atoms with van der Waals surface area (Å²) in [6.07, 6.45) is -1.16. The topological polar surface area (TPSA) is 114 Å². The molecule has 0 saturated carbocycles. The van der Waals surface area contributed by atoms with Crippen molar-refractivity contribution in [3.05, 3.63) is 64.2 Å². The minimum absolute atomic E-state index is 0.217. The molecule has 0 fully saturated rings. The first-order valence-electron chi connectivity index (χ1n) is 9.99. The Balaban J connectivity index is 1.82. The van der Waals surface area contributed by atoms with Crippen LogP contribution in [0.1, 0.15) is 35.3 Å². The number of hydrogen-bond acceptors (Lipinski definition) is 5. The molecule has 2 unspecified atom stereocenters. The van der Waals surface area contributed by atoms with Crippen molar-refractivity contribution in [3.8, 4) is 0 Å². The van der Waals surface area contributed by atoms with Gasteiger partial charge in [-0.05, 0) is 51.0 Å². The van der Waals surface area contributed by atoms with Gasteiger partial charge in [-0.15, -0.1) is 0 Å². The Morgan fingerprint density at radius 3 is 2.22 bits per heavy atom. The second-order valence-electron chi connectivity index (χ2n) is 7.29. The van der Waals surface area contributed by atoms with E-state index in [2.05, 4.69) is 16.0 Å². The molecule has 9 heteroatoms. The molecule has 8 nitrogen and oxygen atoms in total. The summed E-state index contributed by atoms with van der Waals surface area (Å²) in [5.41, 5.74) is 2.71. The van der Waals surface area contributed by atoms with Crippen LogP contribution in [0, 0.1) is 13.8 Å². The minimum Gasteiger partial charge on any atom is -0.451 e. The van der Waals surface area contributed by atoms with E-state index in [4.69, 9.17) is 16.3 Å². The number of para-hydroxylation sites is 1. The fraction of sp³-hybridized carbons (Fsp3) is 0.304. The van der Waals surface area contributed by atoms with Crippen LogP contribution in [0.3, 0.4) is 0 Å². The number of ether oxygens (including phenoxy) is 1. The smallest absolute Gasteiger partial charge is 0.329 e. The van der Waals surface area contributed by atoms with Gasteiger partial charge >= 0.3 is 5.97 Å². The molecule has 0 saturated heterocycles. The summed E-state index contributed by atoms with van der Waals surface area (Å²) in [7, 11) is 0. The highest BCUT2D eigenvalue weighted by Gasteiger charge is 2.24. The molecule has 3 amide bonds. The first-order chi connectivity index (χ1) is 15.1. The SMILES string of the molecule is Cc1cccc(C)c1NC(=O)CNC(=O)C(C)OC(=O)C(C)NC(=O)c1ccccc1Cl. The number of hydrogen-bond donors (Lipinski definition) is 3. The van der Waals surface area contributed by atoms with Crippen molar-refractivity contribution < 1.29 is 23.9 Å². The highest BCUT2D eigenvalue weighted by molar-refractivity contribution is 6.33. The van der Waals surface area contributed by atoms with Gasteiger partial charge in [-0.1, -0.05) is 41.9 Å². The molecule has 2 aromatic rings. The van der Waals surface area contributed by atoms with Crippen LogP contribution in [-0.2, 0) is 19.1 Å². The van der Waals surface area contributed by atoms with Crippen molar-refractivity contribution in [1.29, 1.82) is 0 Å². The van der Waals surface area contributed by atoms with E-state index in [1.807, 2.05) is 32.0 Å². The van der Waals surface area contributed by atoms with E-state index in [9.17, 15) is 19.2 Å². The molecule has 0 bridgehead atoms. The lowest BCUT2D eigenvalue weighted by Gasteiger charge is -2.18. The van der Waals surface area contributed by atoms with Crippen molar-refractivity contribution in [3.63, 3.8) is 0 Å². The van der Waals surface area contributed by atoms with Crippen molar-refractivity contribution >= 4 is 41.0 Å². The van der Waals surface area contributed by atoms with Gasteiger partial charge in [0.2, 0.25) is 5.91 Å². The monoisotopic (exact) mass is 459 g/mol. The third kappa shape index (κ3) is 6.81. The maximum atomic E-state index is 12.2. The normalized spacial score (nSPS) is 12.3. The quantitative estimate of drug-likeness (QED) is 0.525. The number of carbonyl (C=O) groups is 4. The summed E-state index contributed by atoms with van der Waals surface area (Å²) in [5, 5.41) is 7.90. The van der Waals surface area contributed by atoms with Crippen molar-refractivity contribution in [1.82, 2.24) is 10.6 Å². The average molecular weight is 460 g/mol. The minimum atomic E-state index is -1.16. The second-order valence-corrected chi connectivity index (χ2v) is 7.69. The van der Waals surface area contributed by atoms with Gasteiger partial charge in [-0.3, -0.25) is 14.4 Å². The van der Waals surface area contributed by atoms with Crippen LogP contribution in [0.4, 0.5) is 5.69 Å². The molecular formula is C23H26ClN3O5. The van der Waals surface area contributed by atoms with Crippen molar-refractivity contribution in [2.24, 2.45) is 0 Å². The number of nitrogens with one attached hydrogen (secondary N) is 3. The molecule has 0 spiro atoms. The third-order valence-corrected chi connectivity index (χ3v) is 4.98. The average Bonchev–Trinajstić information content (AvgIpc) is 2.74. The van der Waals surface area contributed by atoms with E-state index in [-0.39, 0.29) is 17.1 Å². The van der Waals surface area contributed by atoms with Crippen LogP contribution in [0.15, 0.2) is 42.5 Å². The van der Waals surface area contributed by atoms with E-state index < -0.39 is 35.8 Å². The summed E-state index contributed by atoms with van der Waals surface area (Å²) >= 11 is 5.97. The summed E-state index contributed by atoms with van der Waals surface area (Å²) in [4.78, 5) is 48.9. The summed E-state index contributed by atoms with van der Waals surface area (Å²) in [6.45, 7) is 6.26. The predicted octanol–water partition coefficient (Wildman–Crippen LogP) is 2.76. The standard InChI is InChI=1S/C23H26ClN3O5/c1-13-8-7-9-14(2)20(13)27-19(28)12-25-21(29)16(4)32-23(31)15(3)26-22(30)17-10-5-6-11-18(17)24/h5-11,15-16H,12H2,1-4H3,(H,25,29)(H,26,30)(H,27,28). The lowest BCUT2D eigenvalue weighted by atomic mass is 10.1. The highest BCUT2D eigenvalue weighted by atomic mass is 35.5. The zero-order valence-corrected chi connectivity index (χ0v) is 19.1. The number of esters is 1. The number of aryl methyl sites for hydroxylation is 2. The van der Waals surface area contributed by atoms with Crippen LogP contribution in [0.5, 0.6) is 0 Å². The van der Waals surface area contributed by atoms with Gasteiger partial charge in [0.1, 0.15) is 6.04 Å². The molecular weight excluding hydrogens is 434 g/mol. The molecule has 32 heavy (non-hydrogen) atoms. The van der Waals surface area contributed by atoms with Gasteiger partial charge in [-0.25, -0.2) is 4.79 Å². The Labute approximate surface area is 191 Å². The third-order valence-electron chi connectivity index (χ3n) is 4.65. The number of rotatable bonds is 8. The summed E-state index contributed by atoms with van der Waals surface area (Å²) < 4.78 is 5.10. The number of amides is 3. The highest BCUT2D eigenvalue weighted by Crippen LogP contribution is 2.19. The Hall–Kier alpha value is -3.39. The fourth-order valence-corrected chi connectivity index (χ4v) is 3.04. The first kappa shape index (κ1) is 24.9. The Bertz CT molecular complexity index is 1000. The molecule has 0 aliphatic rings. The van der Waals surface area contributed by atoms with Crippen LogP contribution in [-0.4, -0.2) is 42.4 Å². The second kappa shape index (κ2) is 11.3. The molecule has 0 aliphatic heterocycles. The van der Waals surface area contributed by atoms with Crippen molar-refractivity contribution in [2.45, 2.75) is 39.8 Å². The van der Waals surface area contributed by atoms with E-state index >= 15 is 0 Å². The van der Waals surface area contributed by atoms with Crippen LogP contribution in [0.2, 0.25) is 5.02 Å². The zero-order chi connectivity index (χ0) is 23.8. The van der Waals surface area contributed by atoms with E-state index in [1.165, 1.54) is 19.9 Å². The molecule has 3 N–H and O–H groups in total. The predicted molar refractivity (Wildman–Crippen MR) is 121 cm³/mol. The molecule has 0 radical (unpaired) electrons. The van der Waals surface area contributed by atoms with Crippen LogP contribution < -0.4 is 16.0 Å². The Morgan fingerprint density at radius 2 is 1.59 bits per heavy atom. The maximum absolute atomic E-state index is 12.2. The molecule has 0 aromatic heterocycles. The number of anilines is 1. The first-order valence-corrected chi connectivity index (χ1v) is 10.4. The molecule has 0 aliphatic carbocycles. The number of halogens is 1. The molecule has 0 heterocycles. The van der Waals surface area contributed by atoms with Gasteiger partial charge in [0.15, 0.2) is 6.10 Å². The van der Waals surface area contributed by atoms with Crippen LogP contribution >= 0.6 is 11.6 Å². The lowest BCUT2D eigenvalue weighted by molar-refractivity contribution is -0.156. The van der Waals surface area contributed by atoms with Crippen LogP contribution in [0.25, 0.3) is 0 Å². The van der Waals surface area contributed by atoms with Gasteiger partial charge in [0, 0.05) is 5.69 Å². The largest absolute Gasteiger partial charge is 0.451 e. The number of benzene rings is 2. The number of carbonyl (C=O) groups excluding carboxylic acids is 4. The molecule has 2 rings (SSSR count). The van der Waals surface area contributed by atoms with Gasteiger partial charge in [0.25, 0.3) is 11.8 Å². The summed E-state index contributed by atoms with van der Waals surface area (Å²) in [6, 6.07) is 11.0. The van der Waals surface area contributed by atoms with Gasteiger partial charge in [0.05, 0.1) is 17.1 Å². The van der Waals surface area contributed by atoms with Gasteiger partial charge in [-0.2, -0.15) is 0 Å². The summed E-state index contributed by atoms with van der Waals surface area (Å²) in [5.74, 6) is -2.39. The Kier molecular flexibility index (Phi) is 8.78. The van der Waals surface area contributed by atoms with E-state index in [0.29, 0.717) is 5.69 Å².